The van der Waals surface area contributed by atoms with Gasteiger partial charge in [-0.3, -0.25) is 9.59 Å². The van der Waals surface area contributed by atoms with E-state index in [1.807, 2.05) is 29.3 Å². The minimum absolute atomic E-state index is 0.0870. The van der Waals surface area contributed by atoms with Crippen molar-refractivity contribution in [2.24, 2.45) is 5.92 Å². The molecule has 19 heavy (non-hydrogen) atoms. The normalized spacial score (nSPS) is 18.3. The molecule has 4 nitrogen and oxygen atoms in total. The summed E-state index contributed by atoms with van der Waals surface area (Å²) in [6.07, 6.45) is 1.83. The minimum Gasteiger partial charge on any atom is -0.481 e. The number of carboxylic acids is 1. The third-order valence-electron chi connectivity index (χ3n) is 3.73. The lowest BCUT2D eigenvalue weighted by Gasteiger charge is -2.33. The Kier molecular flexibility index (Phi) is 4.58. The second-order valence-corrected chi connectivity index (χ2v) is 6.08. The minimum atomic E-state index is -0.739. The number of amides is 1. The van der Waals surface area contributed by atoms with Crippen molar-refractivity contribution >= 4 is 23.2 Å². The summed E-state index contributed by atoms with van der Waals surface area (Å²) in [6, 6.07) is 3.95. The van der Waals surface area contributed by atoms with Crippen molar-refractivity contribution in [3.05, 3.63) is 22.4 Å². The molecule has 1 aliphatic heterocycles. The summed E-state index contributed by atoms with van der Waals surface area (Å²) >= 11 is 1.61. The molecular formula is C14H19NO3S. The summed E-state index contributed by atoms with van der Waals surface area (Å²) in [5.74, 6) is -0.442. The maximum absolute atomic E-state index is 12.3. The smallest absolute Gasteiger partial charge is 0.303 e. The first-order chi connectivity index (χ1) is 9.08. The van der Waals surface area contributed by atoms with Crippen LogP contribution in [0.1, 0.15) is 37.0 Å². The van der Waals surface area contributed by atoms with Gasteiger partial charge in [-0.15, -0.1) is 11.3 Å². The quantitative estimate of drug-likeness (QED) is 0.922. The topological polar surface area (TPSA) is 57.6 Å². The fourth-order valence-corrected chi connectivity index (χ4v) is 3.31. The molecule has 1 N–H and O–H groups in total. The van der Waals surface area contributed by atoms with E-state index in [0.29, 0.717) is 13.1 Å². The van der Waals surface area contributed by atoms with Crippen molar-refractivity contribution in [3.8, 4) is 0 Å². The van der Waals surface area contributed by atoms with Crippen molar-refractivity contribution in [1.29, 1.82) is 0 Å². The molecule has 0 saturated carbocycles. The fraction of sp³-hybridized carbons (Fsp3) is 0.571. The van der Waals surface area contributed by atoms with Crippen LogP contribution in [0.25, 0.3) is 0 Å². The lowest BCUT2D eigenvalue weighted by atomic mass is 9.93. The van der Waals surface area contributed by atoms with Crippen LogP contribution >= 0.6 is 11.3 Å². The van der Waals surface area contributed by atoms with Crippen LogP contribution in [-0.2, 0) is 9.59 Å². The van der Waals surface area contributed by atoms with Crippen molar-refractivity contribution in [2.75, 3.05) is 13.1 Å². The number of hydrogen-bond acceptors (Lipinski definition) is 3. The van der Waals surface area contributed by atoms with E-state index in [2.05, 4.69) is 0 Å². The monoisotopic (exact) mass is 281 g/mol. The van der Waals surface area contributed by atoms with Gasteiger partial charge in [0.15, 0.2) is 0 Å². The Bertz CT molecular complexity index is 436. The Morgan fingerprint density at radius 3 is 2.68 bits per heavy atom. The van der Waals surface area contributed by atoms with E-state index >= 15 is 0 Å². The molecule has 0 bridgehead atoms. The summed E-state index contributed by atoms with van der Waals surface area (Å²) in [7, 11) is 0. The third-order valence-corrected chi connectivity index (χ3v) is 4.78. The lowest BCUT2D eigenvalue weighted by molar-refractivity contribution is -0.138. The molecule has 104 valence electrons. The molecule has 5 heteroatoms. The first-order valence-corrected chi connectivity index (χ1v) is 7.50. The Morgan fingerprint density at radius 2 is 2.16 bits per heavy atom. The van der Waals surface area contributed by atoms with Gasteiger partial charge in [0, 0.05) is 24.4 Å². The van der Waals surface area contributed by atoms with Gasteiger partial charge in [-0.2, -0.15) is 0 Å². The van der Waals surface area contributed by atoms with Crippen molar-refractivity contribution in [2.45, 2.75) is 32.1 Å². The molecule has 1 atom stereocenters. The number of rotatable bonds is 4. The predicted molar refractivity (Wildman–Crippen MR) is 74.3 cm³/mol. The number of likely N-dealkylation sites (tertiary alicyclic amines) is 1. The first-order valence-electron chi connectivity index (χ1n) is 6.62. The highest BCUT2D eigenvalue weighted by Crippen LogP contribution is 2.26. The standard InChI is InChI=1S/C14H19NO3S/c1-10(12-3-2-8-19-12)14(18)15-6-4-11(5-7-15)9-13(16)17/h2-3,8,10-11H,4-7,9H2,1H3,(H,16,17). The molecule has 2 heterocycles. The molecule has 1 amide bonds. The molecule has 1 aromatic rings. The van der Waals surface area contributed by atoms with Gasteiger partial charge in [0.1, 0.15) is 0 Å². The van der Waals surface area contributed by atoms with Gasteiger partial charge < -0.3 is 10.0 Å². The van der Waals surface area contributed by atoms with Gasteiger partial charge in [0.2, 0.25) is 5.91 Å². The second-order valence-electron chi connectivity index (χ2n) is 5.10. The van der Waals surface area contributed by atoms with Crippen LogP contribution in [-0.4, -0.2) is 35.0 Å². The third kappa shape index (κ3) is 3.56. The molecule has 0 radical (unpaired) electrons. The molecule has 0 spiro atoms. The Balaban J connectivity index is 1.87. The molecule has 1 unspecified atom stereocenters. The number of carbonyl (C=O) groups is 2. The van der Waals surface area contributed by atoms with Crippen LogP contribution in [0.5, 0.6) is 0 Å². The number of aliphatic carboxylic acids is 1. The molecule has 0 aliphatic carbocycles. The van der Waals surface area contributed by atoms with Crippen molar-refractivity contribution < 1.29 is 14.7 Å². The predicted octanol–water partition coefficient (Wildman–Crippen LogP) is 2.56. The van der Waals surface area contributed by atoms with Gasteiger partial charge in [-0.1, -0.05) is 6.07 Å². The van der Waals surface area contributed by atoms with Crippen LogP contribution < -0.4 is 0 Å². The highest BCUT2D eigenvalue weighted by atomic mass is 32.1. The van der Waals surface area contributed by atoms with E-state index in [0.717, 1.165) is 17.7 Å². The van der Waals surface area contributed by atoms with Gasteiger partial charge in [-0.25, -0.2) is 0 Å². The van der Waals surface area contributed by atoms with E-state index in [4.69, 9.17) is 5.11 Å². The van der Waals surface area contributed by atoms with Crippen LogP contribution in [0.2, 0.25) is 0 Å². The Labute approximate surface area is 117 Å². The summed E-state index contributed by atoms with van der Waals surface area (Å²) in [4.78, 5) is 26.0. The summed E-state index contributed by atoms with van der Waals surface area (Å²) in [6.45, 7) is 3.32. The maximum atomic E-state index is 12.3. The summed E-state index contributed by atoms with van der Waals surface area (Å²) in [5.41, 5.74) is 0. The van der Waals surface area contributed by atoms with E-state index in [-0.39, 0.29) is 24.2 Å². The highest BCUT2D eigenvalue weighted by Gasteiger charge is 2.27. The van der Waals surface area contributed by atoms with Gasteiger partial charge in [-0.05, 0) is 37.1 Å². The molecule has 1 aliphatic rings. The SMILES string of the molecule is CC(C(=O)N1CCC(CC(=O)O)CC1)c1cccs1. The largest absolute Gasteiger partial charge is 0.481 e. The number of piperidine rings is 1. The van der Waals surface area contributed by atoms with Crippen molar-refractivity contribution in [3.63, 3.8) is 0 Å². The molecule has 2 rings (SSSR count). The van der Waals surface area contributed by atoms with Crippen LogP contribution in [0.4, 0.5) is 0 Å². The zero-order chi connectivity index (χ0) is 13.8. The molecule has 0 aromatic carbocycles. The van der Waals surface area contributed by atoms with E-state index in [1.54, 1.807) is 11.3 Å². The van der Waals surface area contributed by atoms with Crippen LogP contribution in [0.15, 0.2) is 17.5 Å². The van der Waals surface area contributed by atoms with Crippen LogP contribution in [0.3, 0.4) is 0 Å². The number of thiophene rings is 1. The summed E-state index contributed by atoms with van der Waals surface area (Å²) < 4.78 is 0. The molecular weight excluding hydrogens is 262 g/mol. The second kappa shape index (κ2) is 6.19. The van der Waals surface area contributed by atoms with Gasteiger partial charge in [0.05, 0.1) is 5.92 Å². The molecule has 1 fully saturated rings. The van der Waals surface area contributed by atoms with Gasteiger partial charge in [0.25, 0.3) is 0 Å². The van der Waals surface area contributed by atoms with E-state index in [1.165, 1.54) is 0 Å². The molecule has 1 saturated heterocycles. The van der Waals surface area contributed by atoms with E-state index in [9.17, 15) is 9.59 Å². The Hall–Kier alpha value is -1.36. The number of carbonyl (C=O) groups excluding carboxylic acids is 1. The van der Waals surface area contributed by atoms with Gasteiger partial charge >= 0.3 is 5.97 Å². The van der Waals surface area contributed by atoms with Crippen LogP contribution in [0, 0.1) is 5.92 Å². The average Bonchev–Trinajstić information content (AvgIpc) is 2.91. The summed E-state index contributed by atoms with van der Waals surface area (Å²) in [5, 5.41) is 10.8. The van der Waals surface area contributed by atoms with Crippen molar-refractivity contribution in [1.82, 2.24) is 4.90 Å². The lowest BCUT2D eigenvalue weighted by Crippen LogP contribution is -2.40. The maximum Gasteiger partial charge on any atom is 0.303 e. The zero-order valence-corrected chi connectivity index (χ0v) is 11.9. The zero-order valence-electron chi connectivity index (χ0n) is 11.0. The Morgan fingerprint density at radius 1 is 1.47 bits per heavy atom. The number of nitrogens with zero attached hydrogens (tertiary/aromatic N) is 1. The fourth-order valence-electron chi connectivity index (χ4n) is 2.54. The first kappa shape index (κ1) is 14.1. The highest BCUT2D eigenvalue weighted by molar-refractivity contribution is 7.10. The number of carboxylic acid groups (broad SMARTS) is 1. The average molecular weight is 281 g/mol. The van der Waals surface area contributed by atoms with E-state index < -0.39 is 5.97 Å². The number of hydrogen-bond donors (Lipinski definition) is 1. The molecule has 1 aromatic heterocycles.